The van der Waals surface area contributed by atoms with Crippen molar-refractivity contribution in [3.05, 3.63) is 21.4 Å². The third-order valence-electron chi connectivity index (χ3n) is 1.48. The van der Waals surface area contributed by atoms with Crippen LogP contribution in [0.2, 0.25) is 0 Å². The zero-order valence-electron chi connectivity index (χ0n) is 5.92. The fourth-order valence-electron chi connectivity index (χ4n) is 1.00. The van der Waals surface area contributed by atoms with Gasteiger partial charge in [0.05, 0.1) is 0 Å². The maximum atomic E-state index is 10.9. The smallest absolute Gasteiger partial charge is 0.289 e. The van der Waals surface area contributed by atoms with E-state index >= 15 is 0 Å². The molecule has 0 amide bonds. The Bertz CT molecular complexity index is 450. The molecule has 0 aliphatic rings. The molecule has 0 spiro atoms. The molecule has 11 heavy (non-hydrogen) atoms. The second-order valence-electron chi connectivity index (χ2n) is 2.37. The fourth-order valence-corrected chi connectivity index (χ4v) is 1.87. The normalized spacial score (nSPS) is 11.0. The summed E-state index contributed by atoms with van der Waals surface area (Å²) in [6, 6.07) is 0. The maximum absolute atomic E-state index is 10.9. The Morgan fingerprint density at radius 2 is 2.45 bits per heavy atom. The van der Waals surface area contributed by atoms with Crippen molar-refractivity contribution in [1.82, 2.24) is 9.61 Å². The van der Waals surface area contributed by atoms with Crippen LogP contribution in [0.15, 0.2) is 11.0 Å². The summed E-state index contributed by atoms with van der Waals surface area (Å²) in [5.74, 6) is 0. The number of rotatable bonds is 0. The molecule has 0 bridgehead atoms. The van der Waals surface area contributed by atoms with Gasteiger partial charge in [-0.05, 0) is 6.92 Å². The molecule has 5 heteroatoms. The summed E-state index contributed by atoms with van der Waals surface area (Å²) < 4.78 is 1.65. The first-order valence-electron chi connectivity index (χ1n) is 3.15. The van der Waals surface area contributed by atoms with Crippen LogP contribution in [-0.2, 0) is 0 Å². The SMILES string of the molecule is Cc1cn2[nH]c(=O)c(N)c2s1. The second-order valence-corrected chi connectivity index (χ2v) is 3.61. The van der Waals surface area contributed by atoms with Crippen LogP contribution in [0, 0.1) is 6.92 Å². The fraction of sp³-hybridized carbons (Fsp3) is 0.167. The molecule has 2 rings (SSSR count). The number of nitrogens with one attached hydrogen (secondary N) is 1. The Kier molecular flexibility index (Phi) is 1.11. The molecule has 0 aliphatic heterocycles. The molecule has 0 saturated carbocycles. The first-order chi connectivity index (χ1) is 5.18. The van der Waals surface area contributed by atoms with Gasteiger partial charge in [-0.1, -0.05) is 0 Å². The number of aromatic nitrogens is 2. The van der Waals surface area contributed by atoms with Crippen LogP contribution >= 0.6 is 11.3 Å². The van der Waals surface area contributed by atoms with Gasteiger partial charge in [0.15, 0.2) is 0 Å². The maximum Gasteiger partial charge on any atom is 0.289 e. The molecule has 0 aromatic carbocycles. The lowest BCUT2D eigenvalue weighted by Crippen LogP contribution is -2.04. The molecule has 0 aliphatic carbocycles. The second kappa shape index (κ2) is 1.88. The van der Waals surface area contributed by atoms with Crippen LogP contribution in [0.25, 0.3) is 4.83 Å². The largest absolute Gasteiger partial charge is 0.392 e. The number of anilines is 1. The van der Waals surface area contributed by atoms with Gasteiger partial charge in [0, 0.05) is 11.1 Å². The van der Waals surface area contributed by atoms with E-state index in [1.165, 1.54) is 11.3 Å². The molecule has 4 nitrogen and oxygen atoms in total. The number of thiazole rings is 1. The van der Waals surface area contributed by atoms with Gasteiger partial charge < -0.3 is 5.73 Å². The molecule has 2 heterocycles. The van der Waals surface area contributed by atoms with E-state index in [-0.39, 0.29) is 5.56 Å². The number of aryl methyl sites for hydroxylation is 1. The summed E-state index contributed by atoms with van der Waals surface area (Å²) in [5, 5.41) is 2.59. The number of hydrogen-bond donors (Lipinski definition) is 2. The Balaban J connectivity index is 2.99. The summed E-state index contributed by atoms with van der Waals surface area (Å²) in [4.78, 5) is 12.8. The molecule has 0 unspecified atom stereocenters. The van der Waals surface area contributed by atoms with Gasteiger partial charge >= 0.3 is 0 Å². The lowest BCUT2D eigenvalue weighted by molar-refractivity contribution is 0.947. The Morgan fingerprint density at radius 3 is 3.09 bits per heavy atom. The van der Waals surface area contributed by atoms with E-state index in [0.717, 1.165) is 9.71 Å². The van der Waals surface area contributed by atoms with Crippen molar-refractivity contribution in [3.8, 4) is 0 Å². The number of nitrogens with zero attached hydrogens (tertiary/aromatic N) is 1. The third kappa shape index (κ3) is 0.775. The first kappa shape index (κ1) is 6.48. The van der Waals surface area contributed by atoms with E-state index in [2.05, 4.69) is 5.10 Å². The van der Waals surface area contributed by atoms with Gasteiger partial charge in [0.25, 0.3) is 5.56 Å². The van der Waals surface area contributed by atoms with Crippen LogP contribution in [0.4, 0.5) is 5.69 Å². The molecular weight excluding hydrogens is 162 g/mol. The number of hydrogen-bond acceptors (Lipinski definition) is 3. The summed E-state index contributed by atoms with van der Waals surface area (Å²) in [5.41, 5.74) is 5.59. The topological polar surface area (TPSA) is 63.3 Å². The Hall–Kier alpha value is -1.23. The van der Waals surface area contributed by atoms with E-state index in [4.69, 9.17) is 5.73 Å². The predicted octanol–water partition coefficient (Wildman–Crippen LogP) is 0.580. The third-order valence-corrected chi connectivity index (χ3v) is 2.52. The molecule has 0 fully saturated rings. The summed E-state index contributed by atoms with van der Waals surface area (Å²) >= 11 is 1.51. The number of H-pyrrole nitrogens is 1. The van der Waals surface area contributed by atoms with Gasteiger partial charge in [0.1, 0.15) is 10.5 Å². The highest BCUT2D eigenvalue weighted by Crippen LogP contribution is 2.18. The highest BCUT2D eigenvalue weighted by atomic mass is 32.1. The van der Waals surface area contributed by atoms with E-state index in [9.17, 15) is 4.79 Å². The highest BCUT2D eigenvalue weighted by molar-refractivity contribution is 7.17. The predicted molar refractivity (Wildman–Crippen MR) is 45.0 cm³/mol. The standard InChI is InChI=1S/C6H7N3OS/c1-3-2-9-6(11-3)4(7)5(10)8-9/h2H,7H2,1H3,(H,8,10). The monoisotopic (exact) mass is 169 g/mol. The molecule has 2 aromatic rings. The van der Waals surface area contributed by atoms with E-state index in [1.54, 1.807) is 4.52 Å². The van der Waals surface area contributed by atoms with Crippen LogP contribution < -0.4 is 11.3 Å². The quantitative estimate of drug-likeness (QED) is 0.606. The van der Waals surface area contributed by atoms with Gasteiger partial charge in [-0.3, -0.25) is 9.89 Å². The van der Waals surface area contributed by atoms with Crippen LogP contribution in [0.3, 0.4) is 0 Å². The van der Waals surface area contributed by atoms with Crippen LogP contribution in [-0.4, -0.2) is 9.61 Å². The van der Waals surface area contributed by atoms with Crippen molar-refractivity contribution >= 4 is 21.9 Å². The first-order valence-corrected chi connectivity index (χ1v) is 3.96. The average Bonchev–Trinajstić information content (AvgIpc) is 2.37. The van der Waals surface area contributed by atoms with Crippen LogP contribution in [0.1, 0.15) is 4.88 Å². The molecule has 3 N–H and O–H groups in total. The van der Waals surface area contributed by atoms with Crippen molar-refractivity contribution in [1.29, 1.82) is 0 Å². The van der Waals surface area contributed by atoms with E-state index < -0.39 is 0 Å². The lowest BCUT2D eigenvalue weighted by atomic mass is 10.6. The minimum atomic E-state index is -0.212. The average molecular weight is 169 g/mol. The van der Waals surface area contributed by atoms with Crippen molar-refractivity contribution in [3.63, 3.8) is 0 Å². The molecule has 2 aromatic heterocycles. The van der Waals surface area contributed by atoms with Crippen molar-refractivity contribution in [2.75, 3.05) is 5.73 Å². The number of nitrogens with two attached hydrogens (primary N) is 1. The van der Waals surface area contributed by atoms with Gasteiger partial charge in [-0.15, -0.1) is 11.3 Å². The van der Waals surface area contributed by atoms with E-state index in [1.807, 2.05) is 13.1 Å². The molecule has 0 saturated heterocycles. The Morgan fingerprint density at radius 1 is 1.73 bits per heavy atom. The number of fused-ring (bicyclic) bond motifs is 1. The summed E-state index contributed by atoms with van der Waals surface area (Å²) in [6.45, 7) is 1.97. The molecule has 58 valence electrons. The number of aromatic amines is 1. The van der Waals surface area contributed by atoms with Crippen molar-refractivity contribution in [2.24, 2.45) is 0 Å². The molecule has 0 radical (unpaired) electrons. The van der Waals surface area contributed by atoms with Gasteiger partial charge in [0.2, 0.25) is 0 Å². The van der Waals surface area contributed by atoms with Gasteiger partial charge in [-0.2, -0.15) is 0 Å². The zero-order valence-corrected chi connectivity index (χ0v) is 6.73. The highest BCUT2D eigenvalue weighted by Gasteiger charge is 2.06. The summed E-state index contributed by atoms with van der Waals surface area (Å²) in [7, 11) is 0. The van der Waals surface area contributed by atoms with Crippen molar-refractivity contribution < 1.29 is 0 Å². The minimum Gasteiger partial charge on any atom is -0.392 e. The summed E-state index contributed by atoms with van der Waals surface area (Å²) in [6.07, 6.45) is 1.84. The lowest BCUT2D eigenvalue weighted by Gasteiger charge is -1.77. The number of nitrogen functional groups attached to an aromatic ring is 1. The zero-order chi connectivity index (χ0) is 8.01. The molecular formula is C6H7N3OS. The van der Waals surface area contributed by atoms with Crippen LogP contribution in [0.5, 0.6) is 0 Å². The van der Waals surface area contributed by atoms with E-state index in [0.29, 0.717) is 5.69 Å². The Labute approximate surface area is 66.2 Å². The molecule has 0 atom stereocenters. The minimum absolute atomic E-state index is 0.212. The van der Waals surface area contributed by atoms with Gasteiger partial charge in [-0.25, -0.2) is 4.52 Å². The van der Waals surface area contributed by atoms with Crippen molar-refractivity contribution in [2.45, 2.75) is 6.92 Å².